The van der Waals surface area contributed by atoms with Crippen LogP contribution in [-0.2, 0) is 13.0 Å². The molecule has 0 atom stereocenters. The molecule has 0 aliphatic rings. The second-order valence-corrected chi connectivity index (χ2v) is 8.07. The van der Waals surface area contributed by atoms with Gasteiger partial charge in [0.15, 0.2) is 17.1 Å². The van der Waals surface area contributed by atoms with Crippen LogP contribution in [0, 0.1) is 0 Å². The van der Waals surface area contributed by atoms with E-state index < -0.39 is 11.1 Å². The zero-order valence-electron chi connectivity index (χ0n) is 20.2. The minimum absolute atomic E-state index is 0.165. The lowest BCUT2D eigenvalue weighted by molar-refractivity contribution is 0.0954. The molecule has 0 fully saturated rings. The SMILES string of the molecule is CCOc1ccc(CCNC(=O)c2ccc(Cn3c(=O)c(=O)[nH]c4cccnc43)cc2)cc1OCC. The number of amides is 1. The Morgan fingerprint density at radius 3 is 2.44 bits per heavy atom. The van der Waals surface area contributed by atoms with E-state index >= 15 is 0 Å². The molecule has 0 bridgehead atoms. The molecule has 0 aliphatic heterocycles. The Morgan fingerprint density at radius 2 is 1.69 bits per heavy atom. The van der Waals surface area contributed by atoms with Crippen LogP contribution in [0.4, 0.5) is 0 Å². The highest BCUT2D eigenvalue weighted by molar-refractivity contribution is 5.94. The highest BCUT2D eigenvalue weighted by atomic mass is 16.5. The molecule has 2 N–H and O–H groups in total. The fraction of sp³-hybridized carbons (Fsp3) is 0.259. The number of ether oxygens (including phenoxy) is 2. The third kappa shape index (κ3) is 5.63. The molecular formula is C27H28N4O5. The van der Waals surface area contributed by atoms with E-state index in [0.29, 0.717) is 54.4 Å². The summed E-state index contributed by atoms with van der Waals surface area (Å²) in [5.41, 5.74) is 1.80. The van der Waals surface area contributed by atoms with Gasteiger partial charge in [0.05, 0.1) is 25.3 Å². The second kappa shape index (κ2) is 11.4. The average molecular weight is 489 g/mol. The Kier molecular flexibility index (Phi) is 7.79. The van der Waals surface area contributed by atoms with Crippen molar-refractivity contribution < 1.29 is 14.3 Å². The number of aromatic amines is 1. The predicted octanol–water partition coefficient (Wildman–Crippen LogP) is 2.90. The van der Waals surface area contributed by atoms with E-state index in [9.17, 15) is 14.4 Å². The first kappa shape index (κ1) is 24.7. The number of carbonyl (C=O) groups excluding carboxylic acids is 1. The zero-order valence-corrected chi connectivity index (χ0v) is 20.2. The van der Waals surface area contributed by atoms with Gasteiger partial charge in [0.2, 0.25) is 0 Å². The topological polar surface area (TPSA) is 115 Å². The Labute approximate surface area is 207 Å². The summed E-state index contributed by atoms with van der Waals surface area (Å²) in [7, 11) is 0. The lowest BCUT2D eigenvalue weighted by Gasteiger charge is -2.13. The van der Waals surface area contributed by atoms with E-state index in [-0.39, 0.29) is 12.5 Å². The highest BCUT2D eigenvalue weighted by Crippen LogP contribution is 2.28. The molecule has 1 amide bonds. The fourth-order valence-electron chi connectivity index (χ4n) is 3.87. The Morgan fingerprint density at radius 1 is 0.972 bits per heavy atom. The number of fused-ring (bicyclic) bond motifs is 1. The summed E-state index contributed by atoms with van der Waals surface area (Å²) < 4.78 is 12.6. The molecule has 0 unspecified atom stereocenters. The summed E-state index contributed by atoms with van der Waals surface area (Å²) in [5.74, 6) is 1.21. The number of aromatic nitrogens is 3. The predicted molar refractivity (Wildman–Crippen MR) is 137 cm³/mol. The first-order chi connectivity index (χ1) is 17.5. The van der Waals surface area contributed by atoms with Crippen molar-refractivity contribution in [2.75, 3.05) is 19.8 Å². The van der Waals surface area contributed by atoms with Gasteiger partial charge in [-0.25, -0.2) is 4.98 Å². The number of hydrogen-bond donors (Lipinski definition) is 2. The molecule has 4 aromatic rings. The van der Waals surface area contributed by atoms with Crippen LogP contribution in [0.1, 0.15) is 35.3 Å². The van der Waals surface area contributed by atoms with E-state index in [1.54, 1.807) is 42.6 Å². The first-order valence-electron chi connectivity index (χ1n) is 11.8. The average Bonchev–Trinajstić information content (AvgIpc) is 2.89. The third-order valence-electron chi connectivity index (χ3n) is 5.59. The van der Waals surface area contributed by atoms with E-state index in [1.165, 1.54) is 4.57 Å². The summed E-state index contributed by atoms with van der Waals surface area (Å²) in [6.45, 7) is 5.57. The van der Waals surface area contributed by atoms with E-state index in [2.05, 4.69) is 15.3 Å². The fourth-order valence-corrected chi connectivity index (χ4v) is 3.87. The Bertz CT molecular complexity index is 1470. The van der Waals surface area contributed by atoms with E-state index in [4.69, 9.17) is 9.47 Å². The standard InChI is InChI=1S/C27H28N4O5/c1-3-35-22-12-9-18(16-23(22)36-4-2)13-15-29-25(32)20-10-7-19(8-11-20)17-31-24-21(6-5-14-28-24)30-26(33)27(31)34/h5-12,14,16H,3-4,13,15,17H2,1-2H3,(H,29,32)(H,30,33). The van der Waals surface area contributed by atoms with Crippen molar-refractivity contribution in [1.82, 2.24) is 19.9 Å². The maximum absolute atomic E-state index is 12.6. The summed E-state index contributed by atoms with van der Waals surface area (Å²) in [5, 5.41) is 2.93. The molecular weight excluding hydrogens is 460 g/mol. The van der Waals surface area contributed by atoms with Gasteiger partial charge in [0, 0.05) is 18.3 Å². The molecule has 2 aromatic heterocycles. The smallest absolute Gasteiger partial charge is 0.318 e. The van der Waals surface area contributed by atoms with Gasteiger partial charge in [0.1, 0.15) is 0 Å². The number of benzene rings is 2. The molecule has 4 rings (SSSR count). The van der Waals surface area contributed by atoms with Gasteiger partial charge < -0.3 is 19.8 Å². The number of carbonyl (C=O) groups is 1. The minimum Gasteiger partial charge on any atom is -0.490 e. The molecule has 0 spiro atoms. The van der Waals surface area contributed by atoms with Gasteiger partial charge in [0.25, 0.3) is 5.91 Å². The maximum atomic E-state index is 12.6. The number of pyridine rings is 1. The van der Waals surface area contributed by atoms with Gasteiger partial charge in [-0.1, -0.05) is 18.2 Å². The van der Waals surface area contributed by atoms with Crippen molar-refractivity contribution in [3.8, 4) is 11.5 Å². The van der Waals surface area contributed by atoms with Crippen LogP contribution >= 0.6 is 0 Å². The van der Waals surface area contributed by atoms with Crippen LogP contribution in [0.15, 0.2) is 70.4 Å². The van der Waals surface area contributed by atoms with Gasteiger partial charge in [-0.15, -0.1) is 0 Å². The molecule has 36 heavy (non-hydrogen) atoms. The maximum Gasteiger partial charge on any atom is 0.318 e. The summed E-state index contributed by atoms with van der Waals surface area (Å²) in [6, 6.07) is 16.1. The highest BCUT2D eigenvalue weighted by Gasteiger charge is 2.11. The van der Waals surface area contributed by atoms with Crippen molar-refractivity contribution in [2.45, 2.75) is 26.8 Å². The number of nitrogens with zero attached hydrogens (tertiary/aromatic N) is 2. The first-order valence-corrected chi connectivity index (χ1v) is 11.8. The molecule has 9 nitrogen and oxygen atoms in total. The molecule has 0 saturated carbocycles. The molecule has 186 valence electrons. The largest absolute Gasteiger partial charge is 0.490 e. The van der Waals surface area contributed by atoms with Gasteiger partial charge >= 0.3 is 11.1 Å². The molecule has 2 aromatic carbocycles. The van der Waals surface area contributed by atoms with Crippen LogP contribution in [-0.4, -0.2) is 40.2 Å². The lowest BCUT2D eigenvalue weighted by Crippen LogP contribution is -2.36. The molecule has 0 radical (unpaired) electrons. The summed E-state index contributed by atoms with van der Waals surface area (Å²) in [4.78, 5) is 43.8. The Balaban J connectivity index is 1.39. The third-order valence-corrected chi connectivity index (χ3v) is 5.59. The van der Waals surface area contributed by atoms with Crippen molar-refractivity contribution in [3.63, 3.8) is 0 Å². The molecule has 2 heterocycles. The van der Waals surface area contributed by atoms with Crippen LogP contribution in [0.5, 0.6) is 11.5 Å². The molecule has 0 saturated heterocycles. The second-order valence-electron chi connectivity index (χ2n) is 8.07. The van der Waals surface area contributed by atoms with Crippen molar-refractivity contribution in [1.29, 1.82) is 0 Å². The zero-order chi connectivity index (χ0) is 25.5. The Hall–Kier alpha value is -4.40. The van der Waals surface area contributed by atoms with Crippen molar-refractivity contribution >= 4 is 17.1 Å². The van der Waals surface area contributed by atoms with E-state index in [0.717, 1.165) is 11.1 Å². The van der Waals surface area contributed by atoms with Crippen LogP contribution < -0.4 is 25.9 Å². The number of nitrogens with one attached hydrogen (secondary N) is 2. The van der Waals surface area contributed by atoms with Gasteiger partial charge in [-0.05, 0) is 67.8 Å². The molecule has 0 aliphatic carbocycles. The van der Waals surface area contributed by atoms with E-state index in [1.807, 2.05) is 32.0 Å². The summed E-state index contributed by atoms with van der Waals surface area (Å²) in [6.07, 6.45) is 2.21. The minimum atomic E-state index is -0.701. The van der Waals surface area contributed by atoms with Crippen LogP contribution in [0.25, 0.3) is 11.2 Å². The lowest BCUT2D eigenvalue weighted by atomic mass is 10.1. The van der Waals surface area contributed by atoms with Gasteiger partial charge in [-0.2, -0.15) is 0 Å². The normalized spacial score (nSPS) is 10.8. The van der Waals surface area contributed by atoms with Gasteiger partial charge in [-0.3, -0.25) is 19.0 Å². The van der Waals surface area contributed by atoms with Crippen LogP contribution in [0.2, 0.25) is 0 Å². The van der Waals surface area contributed by atoms with Crippen molar-refractivity contribution in [2.24, 2.45) is 0 Å². The monoisotopic (exact) mass is 488 g/mol. The number of hydrogen-bond acceptors (Lipinski definition) is 6. The summed E-state index contributed by atoms with van der Waals surface area (Å²) >= 11 is 0. The quantitative estimate of drug-likeness (QED) is 0.332. The number of rotatable bonds is 10. The number of H-pyrrole nitrogens is 1. The van der Waals surface area contributed by atoms with Crippen LogP contribution in [0.3, 0.4) is 0 Å². The van der Waals surface area contributed by atoms with Crippen molar-refractivity contribution in [3.05, 3.63) is 98.2 Å². The molecule has 9 heteroatoms.